The molecule has 0 aliphatic rings. The average Bonchev–Trinajstić information content (AvgIpc) is 2.35. The molecule has 2 N–H and O–H groups in total. The highest BCUT2D eigenvalue weighted by molar-refractivity contribution is 5.80. The Hall–Kier alpha value is -2.05. The standard InChI is InChI=1S/C14H16F3NO3/c1-9(18-12(19)5-6-13(20)21)7-10-3-2-4-11(8-10)14(15,16)17/h2-4,8-9H,5-7H2,1H3,(H,18,19)(H,20,21). The number of amides is 1. The molecule has 1 unspecified atom stereocenters. The molecule has 21 heavy (non-hydrogen) atoms. The van der Waals surface area contributed by atoms with E-state index in [1.54, 1.807) is 13.0 Å². The zero-order chi connectivity index (χ0) is 16.0. The normalized spacial score (nSPS) is 12.8. The van der Waals surface area contributed by atoms with Crippen LogP contribution in [0.1, 0.15) is 30.9 Å². The van der Waals surface area contributed by atoms with Gasteiger partial charge in [0.15, 0.2) is 0 Å². The third kappa shape index (κ3) is 6.29. The van der Waals surface area contributed by atoms with Crippen LogP contribution >= 0.6 is 0 Å². The highest BCUT2D eigenvalue weighted by Gasteiger charge is 2.30. The van der Waals surface area contributed by atoms with Crippen molar-refractivity contribution in [1.82, 2.24) is 5.32 Å². The Bertz CT molecular complexity index is 514. The van der Waals surface area contributed by atoms with Crippen molar-refractivity contribution < 1.29 is 27.9 Å². The van der Waals surface area contributed by atoms with Crippen molar-refractivity contribution in [1.29, 1.82) is 0 Å². The molecule has 0 saturated heterocycles. The molecule has 1 aromatic carbocycles. The Morgan fingerprint density at radius 2 is 1.95 bits per heavy atom. The van der Waals surface area contributed by atoms with Crippen LogP contribution in [0.25, 0.3) is 0 Å². The molecule has 1 aromatic rings. The number of carboxylic acids is 1. The first-order valence-electron chi connectivity index (χ1n) is 6.36. The number of hydrogen-bond acceptors (Lipinski definition) is 2. The van der Waals surface area contributed by atoms with Gasteiger partial charge >= 0.3 is 12.1 Å². The van der Waals surface area contributed by atoms with Crippen LogP contribution in [0.15, 0.2) is 24.3 Å². The number of aliphatic carboxylic acids is 1. The molecule has 1 amide bonds. The van der Waals surface area contributed by atoms with E-state index >= 15 is 0 Å². The summed E-state index contributed by atoms with van der Waals surface area (Å²) >= 11 is 0. The third-order valence-corrected chi connectivity index (χ3v) is 2.77. The summed E-state index contributed by atoms with van der Waals surface area (Å²) in [4.78, 5) is 21.7. The number of hydrogen-bond donors (Lipinski definition) is 2. The van der Waals surface area contributed by atoms with Crippen LogP contribution in [0.5, 0.6) is 0 Å². The summed E-state index contributed by atoms with van der Waals surface area (Å²) < 4.78 is 37.7. The van der Waals surface area contributed by atoms with Gasteiger partial charge in [-0.15, -0.1) is 0 Å². The van der Waals surface area contributed by atoms with E-state index in [2.05, 4.69) is 5.32 Å². The van der Waals surface area contributed by atoms with Crippen LogP contribution in [-0.2, 0) is 22.2 Å². The smallest absolute Gasteiger partial charge is 0.416 e. The van der Waals surface area contributed by atoms with Gasteiger partial charge < -0.3 is 10.4 Å². The zero-order valence-electron chi connectivity index (χ0n) is 11.4. The Labute approximate surface area is 120 Å². The molecule has 0 heterocycles. The average molecular weight is 303 g/mol. The van der Waals surface area contributed by atoms with Crippen LogP contribution < -0.4 is 5.32 Å². The van der Waals surface area contributed by atoms with Crippen molar-refractivity contribution in [3.8, 4) is 0 Å². The maximum atomic E-state index is 12.6. The zero-order valence-corrected chi connectivity index (χ0v) is 11.4. The maximum absolute atomic E-state index is 12.6. The minimum absolute atomic E-state index is 0.151. The lowest BCUT2D eigenvalue weighted by molar-refractivity contribution is -0.139. The molecular weight excluding hydrogens is 287 g/mol. The van der Waals surface area contributed by atoms with Gasteiger partial charge in [0.05, 0.1) is 12.0 Å². The molecule has 0 fully saturated rings. The highest BCUT2D eigenvalue weighted by atomic mass is 19.4. The quantitative estimate of drug-likeness (QED) is 0.849. The highest BCUT2D eigenvalue weighted by Crippen LogP contribution is 2.29. The van der Waals surface area contributed by atoms with Crippen molar-refractivity contribution in [2.45, 2.75) is 38.4 Å². The van der Waals surface area contributed by atoms with Gasteiger partial charge in [0, 0.05) is 12.5 Å². The van der Waals surface area contributed by atoms with Crippen molar-refractivity contribution in [3.05, 3.63) is 35.4 Å². The van der Waals surface area contributed by atoms with Gasteiger partial charge in [0.2, 0.25) is 5.91 Å². The van der Waals surface area contributed by atoms with Gasteiger partial charge in [-0.2, -0.15) is 13.2 Å². The molecule has 116 valence electrons. The molecule has 4 nitrogen and oxygen atoms in total. The summed E-state index contributed by atoms with van der Waals surface area (Å²) in [5.41, 5.74) is -0.278. The molecule has 0 saturated carbocycles. The Kier molecular flexibility index (Phi) is 5.75. The van der Waals surface area contributed by atoms with Gasteiger partial charge in [-0.05, 0) is 25.0 Å². The molecule has 1 rings (SSSR count). The van der Waals surface area contributed by atoms with Crippen molar-refractivity contribution >= 4 is 11.9 Å². The minimum atomic E-state index is -4.40. The lowest BCUT2D eigenvalue weighted by atomic mass is 10.0. The topological polar surface area (TPSA) is 66.4 Å². The first-order chi connectivity index (χ1) is 9.68. The van der Waals surface area contributed by atoms with Crippen LogP contribution in [0, 0.1) is 0 Å². The van der Waals surface area contributed by atoms with E-state index in [0.29, 0.717) is 5.56 Å². The van der Waals surface area contributed by atoms with E-state index in [4.69, 9.17) is 5.11 Å². The predicted molar refractivity (Wildman–Crippen MR) is 69.6 cm³/mol. The summed E-state index contributed by atoms with van der Waals surface area (Å²) in [5.74, 6) is -1.51. The van der Waals surface area contributed by atoms with E-state index in [-0.39, 0.29) is 25.3 Å². The number of nitrogens with one attached hydrogen (secondary N) is 1. The lowest BCUT2D eigenvalue weighted by Crippen LogP contribution is -2.34. The fourth-order valence-corrected chi connectivity index (χ4v) is 1.85. The Balaban J connectivity index is 2.57. The van der Waals surface area contributed by atoms with E-state index in [1.807, 2.05) is 0 Å². The molecular formula is C14H16F3NO3. The minimum Gasteiger partial charge on any atom is -0.481 e. The first kappa shape index (κ1) is 17.0. The monoisotopic (exact) mass is 303 g/mol. The van der Waals surface area contributed by atoms with Gasteiger partial charge in [0.25, 0.3) is 0 Å². The number of rotatable bonds is 6. The van der Waals surface area contributed by atoms with Crippen molar-refractivity contribution in [2.24, 2.45) is 0 Å². The molecule has 0 radical (unpaired) electrons. The Morgan fingerprint density at radius 1 is 1.29 bits per heavy atom. The first-order valence-corrected chi connectivity index (χ1v) is 6.36. The number of carboxylic acid groups (broad SMARTS) is 1. The summed E-state index contributed by atoms with van der Waals surface area (Å²) in [6.45, 7) is 1.65. The van der Waals surface area contributed by atoms with E-state index in [9.17, 15) is 22.8 Å². The van der Waals surface area contributed by atoms with Gasteiger partial charge in [-0.1, -0.05) is 18.2 Å². The van der Waals surface area contributed by atoms with Crippen LogP contribution in [0.4, 0.5) is 13.2 Å². The summed E-state index contributed by atoms with van der Waals surface area (Å²) in [5, 5.41) is 11.0. The van der Waals surface area contributed by atoms with E-state index < -0.39 is 23.6 Å². The molecule has 0 aromatic heterocycles. The summed E-state index contributed by atoms with van der Waals surface area (Å²) in [7, 11) is 0. The molecule has 0 spiro atoms. The molecule has 7 heteroatoms. The second-order valence-electron chi connectivity index (χ2n) is 4.76. The summed E-state index contributed by atoms with van der Waals surface area (Å²) in [6.07, 6.45) is -4.59. The fraction of sp³-hybridized carbons (Fsp3) is 0.429. The molecule has 1 atom stereocenters. The maximum Gasteiger partial charge on any atom is 0.416 e. The number of carbonyl (C=O) groups excluding carboxylic acids is 1. The summed E-state index contributed by atoms with van der Waals surface area (Å²) in [6, 6.07) is 4.51. The van der Waals surface area contributed by atoms with Crippen molar-refractivity contribution in [2.75, 3.05) is 0 Å². The second-order valence-corrected chi connectivity index (χ2v) is 4.76. The van der Waals surface area contributed by atoms with Crippen LogP contribution in [0.3, 0.4) is 0 Å². The molecule has 0 aliphatic carbocycles. The third-order valence-electron chi connectivity index (χ3n) is 2.77. The van der Waals surface area contributed by atoms with Crippen LogP contribution in [-0.4, -0.2) is 23.0 Å². The number of carbonyl (C=O) groups is 2. The number of halogens is 3. The lowest BCUT2D eigenvalue weighted by Gasteiger charge is -2.15. The second kappa shape index (κ2) is 7.10. The van der Waals surface area contributed by atoms with E-state index in [1.165, 1.54) is 6.07 Å². The van der Waals surface area contributed by atoms with E-state index in [0.717, 1.165) is 12.1 Å². The van der Waals surface area contributed by atoms with Crippen molar-refractivity contribution in [3.63, 3.8) is 0 Å². The Morgan fingerprint density at radius 3 is 2.52 bits per heavy atom. The van der Waals surface area contributed by atoms with Crippen LogP contribution in [0.2, 0.25) is 0 Å². The SMILES string of the molecule is CC(Cc1cccc(C(F)(F)F)c1)NC(=O)CCC(=O)O. The molecule has 0 bridgehead atoms. The molecule has 0 aliphatic heterocycles. The fourth-order valence-electron chi connectivity index (χ4n) is 1.85. The predicted octanol–water partition coefficient (Wildman–Crippen LogP) is 2.62. The van der Waals surface area contributed by atoms with Gasteiger partial charge in [0.1, 0.15) is 0 Å². The number of benzene rings is 1. The largest absolute Gasteiger partial charge is 0.481 e. The number of alkyl halides is 3. The van der Waals surface area contributed by atoms with Gasteiger partial charge in [-0.25, -0.2) is 0 Å². The van der Waals surface area contributed by atoms with Gasteiger partial charge in [-0.3, -0.25) is 9.59 Å².